The molecule has 0 aliphatic rings. The van der Waals surface area contributed by atoms with E-state index in [-0.39, 0.29) is 5.69 Å². The summed E-state index contributed by atoms with van der Waals surface area (Å²) in [5.41, 5.74) is 0.282. The number of hydrogen-bond acceptors (Lipinski definition) is 4. The highest BCUT2D eigenvalue weighted by molar-refractivity contribution is 7.98. The highest BCUT2D eigenvalue weighted by Gasteiger charge is 2.08. The molecule has 0 aliphatic heterocycles. The van der Waals surface area contributed by atoms with E-state index in [1.807, 2.05) is 24.0 Å². The van der Waals surface area contributed by atoms with Crippen LogP contribution in [0.5, 0.6) is 0 Å². The predicted molar refractivity (Wildman–Crippen MR) is 112 cm³/mol. The summed E-state index contributed by atoms with van der Waals surface area (Å²) in [6, 6.07) is 2.04. The predicted octanol–water partition coefficient (Wildman–Crippen LogP) is 6.16. The van der Waals surface area contributed by atoms with Crippen molar-refractivity contribution >= 4 is 22.9 Å². The number of aryl methyl sites for hydroxylation is 1. The zero-order chi connectivity index (χ0) is 18.6. The van der Waals surface area contributed by atoms with E-state index in [2.05, 4.69) is 18.8 Å². The van der Waals surface area contributed by atoms with Crippen LogP contribution in [0, 0.1) is 0 Å². The van der Waals surface area contributed by atoms with Crippen LogP contribution in [-0.2, 0) is 12.3 Å². The van der Waals surface area contributed by atoms with Gasteiger partial charge in [-0.2, -0.15) is 16.7 Å². The van der Waals surface area contributed by atoms with Gasteiger partial charge in [0.1, 0.15) is 5.76 Å². The summed E-state index contributed by atoms with van der Waals surface area (Å²) in [6.45, 7) is 5.19. The van der Waals surface area contributed by atoms with Gasteiger partial charge in [-0.3, -0.25) is 4.57 Å². The molecule has 0 saturated heterocycles. The maximum atomic E-state index is 12.1. The van der Waals surface area contributed by atoms with Crippen LogP contribution in [0.25, 0.3) is 11.1 Å². The van der Waals surface area contributed by atoms with Gasteiger partial charge in [-0.15, -0.1) is 0 Å². The van der Waals surface area contributed by atoms with Crippen molar-refractivity contribution in [3.63, 3.8) is 0 Å². The van der Waals surface area contributed by atoms with Gasteiger partial charge in [-0.25, -0.2) is 4.79 Å². The molecule has 2 heterocycles. The molecule has 0 radical (unpaired) electrons. The van der Waals surface area contributed by atoms with Crippen molar-refractivity contribution in [2.45, 2.75) is 90.4 Å². The van der Waals surface area contributed by atoms with Crippen molar-refractivity contribution < 1.29 is 4.42 Å². The molecule has 2 aromatic rings. The maximum Gasteiger partial charge on any atom is 0.350 e. The summed E-state index contributed by atoms with van der Waals surface area (Å²) in [4.78, 5) is 16.2. The van der Waals surface area contributed by atoms with Crippen LogP contribution in [0.2, 0.25) is 0 Å². The molecule has 0 saturated carbocycles. The third-order valence-corrected chi connectivity index (χ3v) is 5.73. The number of fused-ring (bicyclic) bond motifs is 1. The average Bonchev–Trinajstić information content (AvgIpc) is 3.02. The van der Waals surface area contributed by atoms with Crippen molar-refractivity contribution in [1.29, 1.82) is 0 Å². The Kier molecular flexibility index (Phi) is 9.90. The summed E-state index contributed by atoms with van der Waals surface area (Å²) in [5, 5.41) is 0.940. The number of unbranched alkanes of at least 4 members (excludes halogenated alkanes) is 8. The lowest BCUT2D eigenvalue weighted by Crippen LogP contribution is -2.21. The van der Waals surface area contributed by atoms with Gasteiger partial charge in [-0.05, 0) is 24.7 Å². The highest BCUT2D eigenvalue weighted by Crippen LogP contribution is 2.21. The lowest BCUT2D eigenvalue weighted by Gasteiger charge is -2.03. The van der Waals surface area contributed by atoms with E-state index >= 15 is 0 Å². The molecule has 0 unspecified atom stereocenters. The molecule has 0 spiro atoms. The Morgan fingerprint density at radius 1 is 1.00 bits per heavy atom. The van der Waals surface area contributed by atoms with Gasteiger partial charge in [0, 0.05) is 12.7 Å². The molecule has 0 atom stereocenters. The Morgan fingerprint density at radius 2 is 1.69 bits per heavy atom. The molecule has 0 bridgehead atoms. The first-order chi connectivity index (χ1) is 12.7. The molecule has 26 heavy (non-hydrogen) atoms. The van der Waals surface area contributed by atoms with Gasteiger partial charge >= 0.3 is 5.69 Å². The third-order valence-electron chi connectivity index (χ3n) is 4.67. The van der Waals surface area contributed by atoms with E-state index in [1.54, 1.807) is 4.57 Å². The summed E-state index contributed by atoms with van der Waals surface area (Å²) < 4.78 is 7.48. The van der Waals surface area contributed by atoms with Crippen LogP contribution in [0.1, 0.15) is 83.8 Å². The summed E-state index contributed by atoms with van der Waals surface area (Å²) in [6.07, 6.45) is 14.5. The molecular weight excluding hydrogens is 344 g/mol. The summed E-state index contributed by atoms with van der Waals surface area (Å²) in [7, 11) is 0. The number of rotatable bonds is 14. The van der Waals surface area contributed by atoms with E-state index < -0.39 is 0 Å². The molecule has 5 heteroatoms. The monoisotopic (exact) mass is 378 g/mol. The van der Waals surface area contributed by atoms with Crippen LogP contribution in [0.15, 0.2) is 21.5 Å². The topological polar surface area (TPSA) is 48.0 Å². The van der Waals surface area contributed by atoms with Gasteiger partial charge in [0.05, 0.1) is 11.1 Å². The van der Waals surface area contributed by atoms with Gasteiger partial charge in [0.25, 0.3) is 0 Å². The van der Waals surface area contributed by atoms with E-state index in [0.29, 0.717) is 5.71 Å². The minimum atomic E-state index is -0.199. The van der Waals surface area contributed by atoms with Gasteiger partial charge < -0.3 is 4.42 Å². The first-order valence-electron chi connectivity index (χ1n) is 10.3. The van der Waals surface area contributed by atoms with E-state index in [4.69, 9.17) is 4.42 Å². The molecule has 2 aromatic heterocycles. The molecule has 0 aromatic carbocycles. The maximum absolute atomic E-state index is 12.1. The van der Waals surface area contributed by atoms with Gasteiger partial charge in [0.15, 0.2) is 0 Å². The third kappa shape index (κ3) is 7.18. The number of hydrogen-bond donors (Lipinski definition) is 0. The zero-order valence-corrected chi connectivity index (χ0v) is 17.3. The second kappa shape index (κ2) is 12.2. The molecule has 0 amide bonds. The van der Waals surface area contributed by atoms with Crippen molar-refractivity contribution in [3.8, 4) is 0 Å². The Bertz CT molecular complexity index is 693. The van der Waals surface area contributed by atoms with Crippen LogP contribution in [-0.4, -0.2) is 15.3 Å². The quantitative estimate of drug-likeness (QED) is 0.369. The van der Waals surface area contributed by atoms with Crippen molar-refractivity contribution in [3.05, 3.63) is 28.5 Å². The fourth-order valence-electron chi connectivity index (χ4n) is 3.10. The molecule has 146 valence electrons. The van der Waals surface area contributed by atoms with E-state index in [1.165, 1.54) is 57.1 Å². The molecule has 0 aliphatic carbocycles. The van der Waals surface area contributed by atoms with Crippen molar-refractivity contribution in [2.75, 3.05) is 5.75 Å². The minimum Gasteiger partial charge on any atom is -0.442 e. The van der Waals surface area contributed by atoms with Crippen LogP contribution in [0.4, 0.5) is 0 Å². The van der Waals surface area contributed by atoms with Crippen molar-refractivity contribution in [1.82, 2.24) is 9.55 Å². The van der Waals surface area contributed by atoms with Crippen LogP contribution in [0.3, 0.4) is 0 Å². The fraction of sp³-hybridized carbons (Fsp3) is 0.714. The van der Waals surface area contributed by atoms with E-state index in [0.717, 1.165) is 36.3 Å². The van der Waals surface area contributed by atoms with Crippen LogP contribution < -0.4 is 5.69 Å². The Balaban J connectivity index is 1.78. The first kappa shape index (κ1) is 21.1. The highest BCUT2D eigenvalue weighted by atomic mass is 32.2. The fourth-order valence-corrected chi connectivity index (χ4v) is 4.00. The number of aromatic nitrogens is 2. The molecule has 0 N–H and O–H groups in total. The van der Waals surface area contributed by atoms with Gasteiger partial charge in [-0.1, -0.05) is 65.2 Å². The van der Waals surface area contributed by atoms with Crippen molar-refractivity contribution in [2.24, 2.45) is 0 Å². The zero-order valence-electron chi connectivity index (χ0n) is 16.5. The average molecular weight is 379 g/mol. The SMILES string of the molecule is CCCCCCCCSCc1cc2cn(CCCCCC)c(=O)nc2o1. The summed E-state index contributed by atoms with van der Waals surface area (Å²) in [5.74, 6) is 2.95. The second-order valence-corrected chi connectivity index (χ2v) is 8.18. The largest absolute Gasteiger partial charge is 0.442 e. The molecule has 2 rings (SSSR count). The molecular formula is C21H34N2O2S. The molecule has 4 nitrogen and oxygen atoms in total. The lowest BCUT2D eigenvalue weighted by atomic mass is 10.1. The minimum absolute atomic E-state index is 0.199. The smallest absolute Gasteiger partial charge is 0.350 e. The van der Waals surface area contributed by atoms with Crippen LogP contribution >= 0.6 is 11.8 Å². The summed E-state index contributed by atoms with van der Waals surface area (Å²) >= 11 is 1.91. The molecule has 0 fully saturated rings. The number of nitrogens with zero attached hydrogens (tertiary/aromatic N) is 2. The second-order valence-electron chi connectivity index (χ2n) is 7.07. The Labute approximate surface area is 161 Å². The normalized spacial score (nSPS) is 11.5. The van der Waals surface area contributed by atoms with Gasteiger partial charge in [0.2, 0.25) is 5.71 Å². The standard InChI is InChI=1S/C21H34N2O2S/c1-3-5-7-9-10-12-14-26-17-19-15-18-16-23(13-11-8-6-4-2)21(24)22-20(18)25-19/h15-16H,3-14,17H2,1-2H3. The number of furan rings is 1. The van der Waals surface area contributed by atoms with E-state index in [9.17, 15) is 4.79 Å². The Hall–Kier alpha value is -1.23. The Morgan fingerprint density at radius 3 is 2.46 bits per heavy atom. The lowest BCUT2D eigenvalue weighted by molar-refractivity contribution is 0.543. The first-order valence-corrected chi connectivity index (χ1v) is 11.5. The number of thioether (sulfide) groups is 1.